The third-order valence-corrected chi connectivity index (χ3v) is 2.95. The quantitative estimate of drug-likeness (QED) is 0.759. The van der Waals surface area contributed by atoms with Crippen LogP contribution < -0.4 is 5.73 Å². The van der Waals surface area contributed by atoms with Gasteiger partial charge in [-0.1, -0.05) is 35.5 Å². The molecule has 0 bridgehead atoms. The van der Waals surface area contributed by atoms with Crippen LogP contribution in [-0.2, 0) is 0 Å². The van der Waals surface area contributed by atoms with Gasteiger partial charge in [-0.25, -0.2) is 0 Å². The Morgan fingerprint density at radius 3 is 2.58 bits per heavy atom. The van der Waals surface area contributed by atoms with Crippen LogP contribution in [0.25, 0.3) is 22.4 Å². The number of nitrogens with zero attached hydrogens (tertiary/aromatic N) is 2. The van der Waals surface area contributed by atoms with Crippen LogP contribution in [0.1, 0.15) is 5.69 Å². The van der Waals surface area contributed by atoms with Crippen molar-refractivity contribution in [1.29, 1.82) is 0 Å². The molecule has 0 aliphatic heterocycles. The van der Waals surface area contributed by atoms with Crippen LogP contribution in [0.2, 0.25) is 0 Å². The fraction of sp³-hybridized carbons (Fsp3) is 0.0667. The first-order chi connectivity index (χ1) is 9.25. The molecule has 4 heteroatoms. The lowest BCUT2D eigenvalue weighted by molar-refractivity contribution is 0.439. The summed E-state index contributed by atoms with van der Waals surface area (Å²) in [6, 6.07) is 13.7. The van der Waals surface area contributed by atoms with E-state index in [-0.39, 0.29) is 0 Å². The first-order valence-electron chi connectivity index (χ1n) is 5.99. The Morgan fingerprint density at radius 1 is 1.05 bits per heavy atom. The maximum absolute atomic E-state index is 5.90. The smallest absolute Gasteiger partial charge is 0.230 e. The summed E-state index contributed by atoms with van der Waals surface area (Å²) in [7, 11) is 0. The van der Waals surface area contributed by atoms with Gasteiger partial charge in [0, 0.05) is 17.5 Å². The highest BCUT2D eigenvalue weighted by atomic mass is 16.5. The van der Waals surface area contributed by atoms with Crippen molar-refractivity contribution in [3.05, 3.63) is 54.4 Å². The van der Waals surface area contributed by atoms with Gasteiger partial charge in [-0.3, -0.25) is 4.98 Å². The molecule has 2 aromatic heterocycles. The van der Waals surface area contributed by atoms with Crippen molar-refractivity contribution in [2.75, 3.05) is 5.73 Å². The van der Waals surface area contributed by atoms with Crippen LogP contribution in [0.15, 0.2) is 53.2 Å². The van der Waals surface area contributed by atoms with Crippen molar-refractivity contribution < 1.29 is 4.52 Å². The van der Waals surface area contributed by atoms with E-state index in [0.29, 0.717) is 5.88 Å². The molecule has 94 valence electrons. The molecule has 0 radical (unpaired) electrons. The van der Waals surface area contributed by atoms with E-state index in [4.69, 9.17) is 10.3 Å². The van der Waals surface area contributed by atoms with Crippen LogP contribution in [0.4, 0.5) is 5.88 Å². The van der Waals surface area contributed by atoms with E-state index in [0.717, 1.165) is 28.1 Å². The lowest BCUT2D eigenvalue weighted by atomic mass is 10.0. The number of pyridine rings is 1. The second-order valence-electron chi connectivity index (χ2n) is 4.32. The Morgan fingerprint density at radius 2 is 1.84 bits per heavy atom. The minimum Gasteiger partial charge on any atom is -0.367 e. The lowest BCUT2D eigenvalue weighted by Gasteiger charge is -2.03. The van der Waals surface area contributed by atoms with Gasteiger partial charge in [0.2, 0.25) is 5.88 Å². The van der Waals surface area contributed by atoms with Crippen LogP contribution in [-0.4, -0.2) is 10.1 Å². The molecule has 1 aromatic carbocycles. The summed E-state index contributed by atoms with van der Waals surface area (Å²) in [6.07, 6.45) is 1.75. The lowest BCUT2D eigenvalue weighted by Crippen LogP contribution is -1.88. The minimum absolute atomic E-state index is 0.329. The molecule has 0 amide bonds. The van der Waals surface area contributed by atoms with Gasteiger partial charge in [0.15, 0.2) is 0 Å². The average Bonchev–Trinajstić information content (AvgIpc) is 2.82. The Balaban J connectivity index is 2.19. The second kappa shape index (κ2) is 4.57. The third-order valence-electron chi connectivity index (χ3n) is 2.95. The molecule has 3 aromatic rings. The van der Waals surface area contributed by atoms with Crippen LogP contribution in [0, 0.1) is 6.92 Å². The maximum Gasteiger partial charge on any atom is 0.230 e. The van der Waals surface area contributed by atoms with Gasteiger partial charge in [-0.15, -0.1) is 0 Å². The number of anilines is 1. The summed E-state index contributed by atoms with van der Waals surface area (Å²) in [5.74, 6) is 0.329. The highest BCUT2D eigenvalue weighted by Gasteiger charge is 2.17. The number of nitrogens with two attached hydrogens (primary N) is 1. The van der Waals surface area contributed by atoms with Crippen molar-refractivity contribution in [3.8, 4) is 22.4 Å². The zero-order valence-electron chi connectivity index (χ0n) is 10.5. The summed E-state index contributed by atoms with van der Waals surface area (Å²) in [5, 5.41) is 4.08. The SMILES string of the molecule is Cc1cc(-c2noc(N)c2-c2ccccc2)ccn1. The fourth-order valence-corrected chi connectivity index (χ4v) is 2.08. The molecular formula is C15H13N3O. The van der Waals surface area contributed by atoms with Gasteiger partial charge in [-0.05, 0) is 24.6 Å². The van der Waals surface area contributed by atoms with E-state index in [2.05, 4.69) is 10.1 Å². The van der Waals surface area contributed by atoms with Crippen LogP contribution >= 0.6 is 0 Å². The zero-order chi connectivity index (χ0) is 13.2. The van der Waals surface area contributed by atoms with Gasteiger partial charge in [-0.2, -0.15) is 0 Å². The van der Waals surface area contributed by atoms with Gasteiger partial charge in [0.1, 0.15) is 5.69 Å². The normalized spacial score (nSPS) is 10.6. The standard InChI is InChI=1S/C15H13N3O/c1-10-9-12(7-8-17-10)14-13(15(16)19-18-14)11-5-3-2-4-6-11/h2-9H,16H2,1H3. The first-order valence-corrected chi connectivity index (χ1v) is 5.99. The van der Waals surface area contributed by atoms with Crippen molar-refractivity contribution in [3.63, 3.8) is 0 Å². The summed E-state index contributed by atoms with van der Waals surface area (Å²) >= 11 is 0. The topological polar surface area (TPSA) is 64.9 Å². The largest absolute Gasteiger partial charge is 0.367 e. The van der Waals surface area contributed by atoms with Crippen molar-refractivity contribution >= 4 is 5.88 Å². The number of nitrogen functional groups attached to an aromatic ring is 1. The van der Waals surface area contributed by atoms with Crippen molar-refractivity contribution in [2.45, 2.75) is 6.92 Å². The maximum atomic E-state index is 5.90. The number of benzene rings is 1. The van der Waals surface area contributed by atoms with Crippen LogP contribution in [0.5, 0.6) is 0 Å². The number of hydrogen-bond acceptors (Lipinski definition) is 4. The van der Waals surface area contributed by atoms with E-state index in [1.165, 1.54) is 0 Å². The molecule has 0 atom stereocenters. The van der Waals surface area contributed by atoms with Gasteiger partial charge >= 0.3 is 0 Å². The van der Waals surface area contributed by atoms with Crippen molar-refractivity contribution in [2.24, 2.45) is 0 Å². The van der Waals surface area contributed by atoms with E-state index >= 15 is 0 Å². The molecular weight excluding hydrogens is 238 g/mol. The Kier molecular flexibility index (Phi) is 2.76. The Hall–Kier alpha value is -2.62. The molecule has 19 heavy (non-hydrogen) atoms. The molecule has 2 N–H and O–H groups in total. The molecule has 0 spiro atoms. The highest BCUT2D eigenvalue weighted by Crippen LogP contribution is 2.35. The number of aryl methyl sites for hydroxylation is 1. The number of rotatable bonds is 2. The van der Waals surface area contributed by atoms with Crippen LogP contribution in [0.3, 0.4) is 0 Å². The Bertz CT molecular complexity index is 704. The third kappa shape index (κ3) is 2.08. The molecule has 0 fully saturated rings. The number of aromatic nitrogens is 2. The predicted molar refractivity (Wildman–Crippen MR) is 74.3 cm³/mol. The average molecular weight is 251 g/mol. The highest BCUT2D eigenvalue weighted by molar-refractivity contribution is 5.86. The molecule has 0 saturated heterocycles. The Labute approximate surface area is 110 Å². The second-order valence-corrected chi connectivity index (χ2v) is 4.32. The fourth-order valence-electron chi connectivity index (χ4n) is 2.08. The summed E-state index contributed by atoms with van der Waals surface area (Å²) in [6.45, 7) is 1.94. The molecule has 0 aliphatic rings. The van der Waals surface area contributed by atoms with E-state index in [1.807, 2.05) is 49.4 Å². The summed E-state index contributed by atoms with van der Waals surface area (Å²) < 4.78 is 5.15. The van der Waals surface area contributed by atoms with E-state index < -0.39 is 0 Å². The molecule has 0 unspecified atom stereocenters. The summed E-state index contributed by atoms with van der Waals surface area (Å²) in [4.78, 5) is 4.18. The number of hydrogen-bond donors (Lipinski definition) is 1. The molecule has 0 saturated carbocycles. The monoisotopic (exact) mass is 251 g/mol. The van der Waals surface area contributed by atoms with Gasteiger partial charge in [0.05, 0.1) is 5.56 Å². The summed E-state index contributed by atoms with van der Waals surface area (Å²) in [5.41, 5.74) is 10.3. The predicted octanol–water partition coefficient (Wildman–Crippen LogP) is 3.29. The zero-order valence-corrected chi connectivity index (χ0v) is 10.5. The van der Waals surface area contributed by atoms with E-state index in [9.17, 15) is 0 Å². The first kappa shape index (κ1) is 11.5. The molecule has 3 rings (SSSR count). The van der Waals surface area contributed by atoms with Crippen molar-refractivity contribution in [1.82, 2.24) is 10.1 Å². The van der Waals surface area contributed by atoms with E-state index in [1.54, 1.807) is 6.20 Å². The molecule has 2 heterocycles. The van der Waals surface area contributed by atoms with Gasteiger partial charge in [0.25, 0.3) is 0 Å². The van der Waals surface area contributed by atoms with Gasteiger partial charge < -0.3 is 10.3 Å². The molecule has 0 aliphatic carbocycles. The minimum atomic E-state index is 0.329. The molecule has 4 nitrogen and oxygen atoms in total.